The summed E-state index contributed by atoms with van der Waals surface area (Å²) >= 11 is 0. The molecule has 2 rings (SSSR count). The van der Waals surface area contributed by atoms with Crippen molar-refractivity contribution in [2.75, 3.05) is 0 Å². The molecule has 21 heavy (non-hydrogen) atoms. The number of hydrogen-bond donors (Lipinski definition) is 1. The van der Waals surface area contributed by atoms with Crippen LogP contribution in [0.1, 0.15) is 13.8 Å². The van der Waals surface area contributed by atoms with Gasteiger partial charge in [-0.3, -0.25) is 10.1 Å². The number of hydrogen-bond acceptors (Lipinski definition) is 4. The fourth-order valence-electron chi connectivity index (χ4n) is 2.13. The third-order valence-corrected chi connectivity index (χ3v) is 3.16. The Morgan fingerprint density at radius 1 is 1.19 bits per heavy atom. The second-order valence-electron chi connectivity index (χ2n) is 5.01. The van der Waals surface area contributed by atoms with Crippen molar-refractivity contribution in [3.63, 3.8) is 0 Å². The van der Waals surface area contributed by atoms with E-state index in [9.17, 15) is 20.0 Å². The first kappa shape index (κ1) is 14.8. The Morgan fingerprint density at radius 3 is 2.33 bits per heavy atom. The molecule has 0 saturated carbocycles. The fraction of sp³-hybridized carbons (Fsp3) is 0.267. The summed E-state index contributed by atoms with van der Waals surface area (Å²) in [6.45, 7) is 3.48. The second-order valence-corrected chi connectivity index (χ2v) is 5.01. The van der Waals surface area contributed by atoms with Gasteiger partial charge in [0, 0.05) is 17.4 Å². The zero-order valence-corrected chi connectivity index (χ0v) is 11.6. The topological polar surface area (TPSA) is 89.7 Å². The van der Waals surface area contributed by atoms with E-state index in [0.29, 0.717) is 16.5 Å². The summed E-state index contributed by atoms with van der Waals surface area (Å²) in [5, 5.41) is 21.2. The van der Waals surface area contributed by atoms with E-state index in [1.807, 2.05) is 0 Å². The summed E-state index contributed by atoms with van der Waals surface area (Å²) < 4.78 is 5.56. The monoisotopic (exact) mass is 289 g/mol. The number of nitrogens with zero attached hydrogens (tertiary/aromatic N) is 1. The third kappa shape index (κ3) is 2.94. The first-order valence-electron chi connectivity index (χ1n) is 6.47. The van der Waals surface area contributed by atoms with E-state index in [1.165, 1.54) is 12.1 Å². The average Bonchev–Trinajstić information content (AvgIpc) is 2.43. The van der Waals surface area contributed by atoms with Crippen molar-refractivity contribution in [1.29, 1.82) is 0 Å². The highest BCUT2D eigenvalue weighted by molar-refractivity contribution is 5.95. The molecule has 6 heteroatoms. The molecule has 0 aromatic heterocycles. The zero-order chi connectivity index (χ0) is 15.6. The minimum Gasteiger partial charge on any atom is -0.478 e. The number of carboxylic acids is 1. The maximum absolute atomic E-state index is 11.2. The van der Waals surface area contributed by atoms with Gasteiger partial charge in [0.1, 0.15) is 5.75 Å². The molecule has 0 radical (unpaired) electrons. The van der Waals surface area contributed by atoms with E-state index < -0.39 is 17.0 Å². The molecular weight excluding hydrogens is 274 g/mol. The quantitative estimate of drug-likeness (QED) is 0.674. The molecule has 1 unspecified atom stereocenters. The minimum absolute atomic E-state index is 0.0330. The smallest absolute Gasteiger partial charge is 0.345 e. The molecule has 0 bridgehead atoms. The van der Waals surface area contributed by atoms with Crippen molar-refractivity contribution in [1.82, 2.24) is 0 Å². The van der Waals surface area contributed by atoms with Gasteiger partial charge in [-0.1, -0.05) is 32.0 Å². The summed E-state index contributed by atoms with van der Waals surface area (Å²) in [4.78, 5) is 21.8. The van der Waals surface area contributed by atoms with Gasteiger partial charge in [-0.2, -0.15) is 0 Å². The van der Waals surface area contributed by atoms with Gasteiger partial charge >= 0.3 is 5.97 Å². The van der Waals surface area contributed by atoms with Crippen molar-refractivity contribution < 1.29 is 19.6 Å². The lowest BCUT2D eigenvalue weighted by Gasteiger charge is -2.19. The Hall–Kier alpha value is -2.63. The highest BCUT2D eigenvalue weighted by Crippen LogP contribution is 2.33. The van der Waals surface area contributed by atoms with E-state index in [4.69, 9.17) is 4.74 Å². The normalized spacial score (nSPS) is 12.3. The van der Waals surface area contributed by atoms with Gasteiger partial charge in [-0.15, -0.1) is 0 Å². The van der Waals surface area contributed by atoms with E-state index in [-0.39, 0.29) is 11.6 Å². The summed E-state index contributed by atoms with van der Waals surface area (Å²) in [5.41, 5.74) is -0.0330. The number of fused-ring (bicyclic) bond motifs is 1. The lowest BCUT2D eigenvalue weighted by atomic mass is 10.1. The van der Waals surface area contributed by atoms with E-state index in [1.54, 1.807) is 38.1 Å². The molecule has 2 aromatic carbocycles. The predicted octanol–water partition coefficient (Wildman–Crippen LogP) is 3.24. The molecule has 1 atom stereocenters. The van der Waals surface area contributed by atoms with Crippen LogP contribution in [0.5, 0.6) is 5.75 Å². The Balaban J connectivity index is 2.53. The number of non-ortho nitro benzene ring substituents is 1. The number of rotatable bonds is 5. The molecule has 0 aliphatic heterocycles. The number of benzene rings is 2. The number of nitro benzene ring substituents is 1. The van der Waals surface area contributed by atoms with Gasteiger partial charge in [-0.05, 0) is 12.1 Å². The van der Waals surface area contributed by atoms with Crippen LogP contribution in [0.4, 0.5) is 5.69 Å². The molecule has 6 nitrogen and oxygen atoms in total. The molecule has 0 saturated heterocycles. The van der Waals surface area contributed by atoms with Gasteiger partial charge in [-0.25, -0.2) is 4.79 Å². The van der Waals surface area contributed by atoms with Crippen LogP contribution >= 0.6 is 0 Å². The number of ether oxygens (including phenoxy) is 1. The zero-order valence-electron chi connectivity index (χ0n) is 11.6. The Kier molecular flexibility index (Phi) is 4.07. The number of aliphatic carboxylic acids is 1. The Labute approximate surface area is 121 Å². The number of carboxylic acid groups (broad SMARTS) is 1. The van der Waals surface area contributed by atoms with Crippen LogP contribution in [0.15, 0.2) is 36.4 Å². The van der Waals surface area contributed by atoms with Crippen molar-refractivity contribution in [3.05, 3.63) is 46.5 Å². The maximum Gasteiger partial charge on any atom is 0.345 e. The van der Waals surface area contributed by atoms with Crippen LogP contribution in [-0.4, -0.2) is 22.1 Å². The highest BCUT2D eigenvalue weighted by atomic mass is 16.6. The van der Waals surface area contributed by atoms with Crippen molar-refractivity contribution in [3.8, 4) is 5.75 Å². The highest BCUT2D eigenvalue weighted by Gasteiger charge is 2.25. The molecule has 0 fully saturated rings. The molecule has 2 aromatic rings. The summed E-state index contributed by atoms with van der Waals surface area (Å²) in [7, 11) is 0. The van der Waals surface area contributed by atoms with Gasteiger partial charge in [0.05, 0.1) is 10.3 Å². The van der Waals surface area contributed by atoms with Gasteiger partial charge < -0.3 is 9.84 Å². The number of nitro groups is 1. The first-order chi connectivity index (χ1) is 9.91. The molecule has 0 aliphatic carbocycles. The summed E-state index contributed by atoms with van der Waals surface area (Å²) in [6, 6.07) is 9.48. The van der Waals surface area contributed by atoms with Crippen molar-refractivity contribution in [2.45, 2.75) is 20.0 Å². The molecule has 0 amide bonds. The maximum atomic E-state index is 11.2. The van der Waals surface area contributed by atoms with Crippen molar-refractivity contribution in [2.24, 2.45) is 5.92 Å². The minimum atomic E-state index is -1.06. The van der Waals surface area contributed by atoms with Crippen LogP contribution in [0.25, 0.3) is 10.8 Å². The third-order valence-electron chi connectivity index (χ3n) is 3.16. The summed E-state index contributed by atoms with van der Waals surface area (Å²) in [6.07, 6.45) is -1.00. The predicted molar refractivity (Wildman–Crippen MR) is 77.5 cm³/mol. The molecule has 110 valence electrons. The molecule has 1 N–H and O–H groups in total. The summed E-state index contributed by atoms with van der Waals surface area (Å²) in [5.74, 6) is -0.957. The molecule has 0 heterocycles. The largest absolute Gasteiger partial charge is 0.478 e. The standard InChI is InChI=1S/C15H15NO5/c1-9(2)14(15(17)18)21-13-8-7-12(16(19)20)10-5-3-4-6-11(10)13/h3-9,14H,1-2H3,(H,17,18). The van der Waals surface area contributed by atoms with Crippen molar-refractivity contribution >= 4 is 22.4 Å². The molecule has 0 aliphatic rings. The van der Waals surface area contributed by atoms with Crippen LogP contribution in [-0.2, 0) is 4.79 Å². The molecule has 0 spiro atoms. The van der Waals surface area contributed by atoms with Gasteiger partial charge in [0.25, 0.3) is 5.69 Å². The van der Waals surface area contributed by atoms with Crippen LogP contribution in [0.2, 0.25) is 0 Å². The Bertz CT molecular complexity index is 696. The fourth-order valence-corrected chi connectivity index (χ4v) is 2.13. The molecular formula is C15H15NO5. The lowest BCUT2D eigenvalue weighted by Crippen LogP contribution is -2.32. The van der Waals surface area contributed by atoms with E-state index in [2.05, 4.69) is 0 Å². The van der Waals surface area contributed by atoms with Crippen LogP contribution in [0.3, 0.4) is 0 Å². The average molecular weight is 289 g/mol. The lowest BCUT2D eigenvalue weighted by molar-refractivity contribution is -0.383. The first-order valence-corrected chi connectivity index (χ1v) is 6.47. The van der Waals surface area contributed by atoms with Crippen LogP contribution in [0, 0.1) is 16.0 Å². The van der Waals surface area contributed by atoms with E-state index >= 15 is 0 Å². The number of carbonyl (C=O) groups is 1. The van der Waals surface area contributed by atoms with Crippen LogP contribution < -0.4 is 4.74 Å². The SMILES string of the molecule is CC(C)C(Oc1ccc([N+](=O)[O-])c2ccccc12)C(=O)O. The van der Waals surface area contributed by atoms with Gasteiger partial charge in [0.2, 0.25) is 0 Å². The Morgan fingerprint density at radius 2 is 1.81 bits per heavy atom. The second kappa shape index (κ2) is 5.78. The van der Waals surface area contributed by atoms with E-state index in [0.717, 1.165) is 0 Å². The van der Waals surface area contributed by atoms with Gasteiger partial charge in [0.15, 0.2) is 6.10 Å².